The van der Waals surface area contributed by atoms with Crippen LogP contribution >= 0.6 is 24.2 Å². The third-order valence-electron chi connectivity index (χ3n) is 1.37. The summed E-state index contributed by atoms with van der Waals surface area (Å²) in [6.07, 6.45) is 0.748. The van der Waals surface area contributed by atoms with E-state index in [4.69, 9.17) is 11.6 Å². The molecule has 66 valence electrons. The Hall–Kier alpha value is -0.910. The molecule has 0 heterocycles. The van der Waals surface area contributed by atoms with Gasteiger partial charge in [-0.2, -0.15) is 12.6 Å². The number of hydrogen-bond donors (Lipinski definition) is 1. The van der Waals surface area contributed by atoms with E-state index in [0.29, 0.717) is 16.3 Å². The first-order valence-corrected chi connectivity index (χ1v) is 4.63. The number of rotatable bonds is 1. The van der Waals surface area contributed by atoms with Gasteiger partial charge >= 0.3 is 0 Å². The number of halogens is 1. The molecular weight excluding hydrogens is 204 g/mol. The molecular formula is C10H7ClOS. The van der Waals surface area contributed by atoms with E-state index in [1.54, 1.807) is 18.2 Å². The van der Waals surface area contributed by atoms with Gasteiger partial charge < -0.3 is 0 Å². The Kier molecular flexibility index (Phi) is 3.88. The Morgan fingerprint density at radius 2 is 2.23 bits per heavy atom. The fourth-order valence-corrected chi connectivity index (χ4v) is 1.22. The molecule has 0 spiro atoms. The molecule has 0 aliphatic heterocycles. The fourth-order valence-electron chi connectivity index (χ4n) is 0.894. The zero-order valence-electron chi connectivity index (χ0n) is 6.75. The van der Waals surface area contributed by atoms with Crippen molar-refractivity contribution in [3.8, 4) is 11.8 Å². The molecule has 0 aliphatic rings. The Balaban J connectivity index is 3.08. The summed E-state index contributed by atoms with van der Waals surface area (Å²) in [6, 6.07) is 5.00. The highest BCUT2D eigenvalue weighted by Crippen LogP contribution is 2.13. The summed E-state index contributed by atoms with van der Waals surface area (Å²) < 4.78 is 0. The highest BCUT2D eigenvalue weighted by molar-refractivity contribution is 7.80. The van der Waals surface area contributed by atoms with Crippen LogP contribution in [0, 0.1) is 11.8 Å². The molecule has 1 aromatic rings. The van der Waals surface area contributed by atoms with Crippen LogP contribution in [0.4, 0.5) is 0 Å². The molecule has 0 radical (unpaired) electrons. The second-order valence-corrected chi connectivity index (χ2v) is 3.10. The predicted octanol–water partition coefficient (Wildman–Crippen LogP) is 2.43. The van der Waals surface area contributed by atoms with Crippen molar-refractivity contribution in [2.45, 2.75) is 0 Å². The first kappa shape index (κ1) is 10.2. The lowest BCUT2D eigenvalue weighted by atomic mass is 10.1. The van der Waals surface area contributed by atoms with Gasteiger partial charge in [0.15, 0.2) is 0 Å². The highest BCUT2D eigenvalue weighted by atomic mass is 35.5. The number of carbonyl (C=O) groups is 1. The SMILES string of the molecule is O=Cc1cc(Cl)cc(C#CCS)c1. The maximum atomic E-state index is 10.5. The van der Waals surface area contributed by atoms with Gasteiger partial charge in [0.05, 0.1) is 5.75 Å². The van der Waals surface area contributed by atoms with Crippen molar-refractivity contribution in [2.24, 2.45) is 0 Å². The van der Waals surface area contributed by atoms with E-state index in [1.807, 2.05) is 0 Å². The molecule has 0 bridgehead atoms. The van der Waals surface area contributed by atoms with Gasteiger partial charge in [-0.05, 0) is 18.2 Å². The molecule has 1 rings (SSSR count). The maximum Gasteiger partial charge on any atom is 0.150 e. The van der Waals surface area contributed by atoms with Crippen molar-refractivity contribution in [1.29, 1.82) is 0 Å². The predicted molar refractivity (Wildman–Crippen MR) is 57.6 cm³/mol. The molecule has 13 heavy (non-hydrogen) atoms. The summed E-state index contributed by atoms with van der Waals surface area (Å²) in [5.41, 5.74) is 1.28. The monoisotopic (exact) mass is 210 g/mol. The van der Waals surface area contributed by atoms with Crippen LogP contribution in [0.25, 0.3) is 0 Å². The van der Waals surface area contributed by atoms with Crippen LogP contribution in [0.1, 0.15) is 15.9 Å². The lowest BCUT2D eigenvalue weighted by Crippen LogP contribution is -1.82. The molecule has 0 amide bonds. The van der Waals surface area contributed by atoms with Crippen LogP contribution in [0.3, 0.4) is 0 Å². The Labute approximate surface area is 87.5 Å². The van der Waals surface area contributed by atoms with Crippen LogP contribution in [0.15, 0.2) is 18.2 Å². The molecule has 0 fully saturated rings. The van der Waals surface area contributed by atoms with Crippen molar-refractivity contribution >= 4 is 30.5 Å². The minimum absolute atomic E-state index is 0.489. The lowest BCUT2D eigenvalue weighted by Gasteiger charge is -1.94. The van der Waals surface area contributed by atoms with Crippen LogP contribution in [-0.2, 0) is 0 Å². The summed E-state index contributed by atoms with van der Waals surface area (Å²) in [6.45, 7) is 0. The molecule has 0 saturated heterocycles. The Bertz CT molecular complexity index is 376. The summed E-state index contributed by atoms with van der Waals surface area (Å²) in [5, 5.41) is 0.521. The summed E-state index contributed by atoms with van der Waals surface area (Å²) in [4.78, 5) is 10.5. The van der Waals surface area contributed by atoms with Crippen LogP contribution in [-0.4, -0.2) is 12.0 Å². The van der Waals surface area contributed by atoms with E-state index in [-0.39, 0.29) is 0 Å². The Morgan fingerprint density at radius 3 is 2.85 bits per heavy atom. The number of aldehydes is 1. The van der Waals surface area contributed by atoms with E-state index in [1.165, 1.54) is 0 Å². The third-order valence-corrected chi connectivity index (χ3v) is 1.74. The first-order chi connectivity index (χ1) is 6.26. The smallest absolute Gasteiger partial charge is 0.150 e. The van der Waals surface area contributed by atoms with Crippen molar-refractivity contribution in [1.82, 2.24) is 0 Å². The van der Waals surface area contributed by atoms with Gasteiger partial charge in [0.2, 0.25) is 0 Å². The highest BCUT2D eigenvalue weighted by Gasteiger charge is 1.95. The standard InChI is InChI=1S/C10H7ClOS/c11-10-5-8(2-1-3-13)4-9(6-10)7-12/h4-7,13H,3H2. The van der Waals surface area contributed by atoms with Crippen LogP contribution < -0.4 is 0 Å². The number of hydrogen-bond acceptors (Lipinski definition) is 2. The van der Waals surface area contributed by atoms with E-state index < -0.39 is 0 Å². The van der Waals surface area contributed by atoms with E-state index in [0.717, 1.165) is 11.8 Å². The molecule has 0 aliphatic carbocycles. The van der Waals surface area contributed by atoms with Crippen molar-refractivity contribution in [3.63, 3.8) is 0 Å². The summed E-state index contributed by atoms with van der Waals surface area (Å²) >= 11 is 9.71. The molecule has 0 N–H and O–H groups in total. The maximum absolute atomic E-state index is 10.5. The van der Waals surface area contributed by atoms with E-state index in [9.17, 15) is 4.79 Å². The van der Waals surface area contributed by atoms with Crippen molar-refractivity contribution in [2.75, 3.05) is 5.75 Å². The third kappa shape index (κ3) is 3.14. The van der Waals surface area contributed by atoms with Gasteiger partial charge in [-0.3, -0.25) is 4.79 Å². The number of benzene rings is 1. The molecule has 3 heteroatoms. The van der Waals surface area contributed by atoms with E-state index >= 15 is 0 Å². The Morgan fingerprint density at radius 1 is 1.46 bits per heavy atom. The molecule has 0 atom stereocenters. The molecule has 0 saturated carbocycles. The van der Waals surface area contributed by atoms with Crippen molar-refractivity contribution in [3.05, 3.63) is 34.3 Å². The second kappa shape index (κ2) is 4.96. The molecule has 0 unspecified atom stereocenters. The van der Waals surface area contributed by atoms with Crippen molar-refractivity contribution < 1.29 is 4.79 Å². The zero-order chi connectivity index (χ0) is 9.68. The minimum Gasteiger partial charge on any atom is -0.298 e. The summed E-state index contributed by atoms with van der Waals surface area (Å²) in [5.74, 6) is 6.11. The van der Waals surface area contributed by atoms with Gasteiger partial charge in [-0.25, -0.2) is 0 Å². The van der Waals surface area contributed by atoms with E-state index in [2.05, 4.69) is 24.5 Å². The lowest BCUT2D eigenvalue weighted by molar-refractivity contribution is 0.112. The molecule has 0 aromatic heterocycles. The molecule has 1 aromatic carbocycles. The van der Waals surface area contributed by atoms with Crippen LogP contribution in [0.2, 0.25) is 5.02 Å². The average Bonchev–Trinajstić information content (AvgIpc) is 2.14. The van der Waals surface area contributed by atoms with Gasteiger partial charge in [0.1, 0.15) is 6.29 Å². The topological polar surface area (TPSA) is 17.1 Å². The van der Waals surface area contributed by atoms with Gasteiger partial charge in [-0.15, -0.1) is 0 Å². The zero-order valence-corrected chi connectivity index (χ0v) is 8.40. The normalized spacial score (nSPS) is 8.77. The second-order valence-electron chi connectivity index (χ2n) is 2.35. The van der Waals surface area contributed by atoms with Crippen LogP contribution in [0.5, 0.6) is 0 Å². The van der Waals surface area contributed by atoms with Gasteiger partial charge in [0, 0.05) is 16.1 Å². The van der Waals surface area contributed by atoms with Gasteiger partial charge in [0.25, 0.3) is 0 Å². The summed E-state index contributed by atoms with van der Waals surface area (Å²) in [7, 11) is 0. The largest absolute Gasteiger partial charge is 0.298 e. The first-order valence-electron chi connectivity index (χ1n) is 3.62. The average molecular weight is 211 g/mol. The number of thiol groups is 1. The number of carbonyl (C=O) groups excluding carboxylic acids is 1. The fraction of sp³-hybridized carbons (Fsp3) is 0.100. The quantitative estimate of drug-likeness (QED) is 0.428. The molecule has 1 nitrogen and oxygen atoms in total. The minimum atomic E-state index is 0.489. The van der Waals surface area contributed by atoms with Gasteiger partial charge in [-0.1, -0.05) is 23.4 Å².